The molecule has 0 aliphatic carbocycles. The number of piperidine rings is 1. The summed E-state index contributed by atoms with van der Waals surface area (Å²) in [6, 6.07) is 15.5. The van der Waals surface area contributed by atoms with Gasteiger partial charge < -0.3 is 10.2 Å². The van der Waals surface area contributed by atoms with Gasteiger partial charge in [-0.05, 0) is 37.1 Å². The van der Waals surface area contributed by atoms with Crippen LogP contribution in [-0.2, 0) is 0 Å². The van der Waals surface area contributed by atoms with Crippen LogP contribution >= 0.6 is 11.3 Å². The largest absolute Gasteiger partial charge is 0.349 e. The van der Waals surface area contributed by atoms with Gasteiger partial charge in [-0.3, -0.25) is 19.7 Å². The Bertz CT molecular complexity index is 1070. The van der Waals surface area contributed by atoms with Crippen LogP contribution in [-0.4, -0.2) is 40.8 Å². The van der Waals surface area contributed by atoms with E-state index in [-0.39, 0.29) is 23.5 Å². The second kappa shape index (κ2) is 8.00. The molecular formula is C21H19N3O4S. The summed E-state index contributed by atoms with van der Waals surface area (Å²) in [6.07, 6.45) is 1.39. The average molecular weight is 409 g/mol. The number of nitro benzene ring substituents is 1. The quantitative estimate of drug-likeness (QED) is 0.523. The summed E-state index contributed by atoms with van der Waals surface area (Å²) in [4.78, 5) is 38.0. The van der Waals surface area contributed by atoms with E-state index in [2.05, 4.69) is 5.32 Å². The molecule has 148 valence electrons. The minimum absolute atomic E-state index is 0.0178. The van der Waals surface area contributed by atoms with Crippen molar-refractivity contribution in [3.63, 3.8) is 0 Å². The molecule has 1 fully saturated rings. The molecule has 1 aromatic heterocycles. The zero-order valence-electron chi connectivity index (χ0n) is 15.5. The number of hydrogen-bond acceptors (Lipinski definition) is 5. The normalized spacial score (nSPS) is 14.7. The first kappa shape index (κ1) is 19.1. The van der Waals surface area contributed by atoms with E-state index in [0.29, 0.717) is 41.8 Å². The van der Waals surface area contributed by atoms with Crippen LogP contribution in [0.25, 0.3) is 10.1 Å². The Morgan fingerprint density at radius 1 is 1.07 bits per heavy atom. The number of hydrogen-bond donors (Lipinski definition) is 1. The molecule has 29 heavy (non-hydrogen) atoms. The molecule has 0 bridgehead atoms. The van der Waals surface area contributed by atoms with Crippen LogP contribution in [0, 0.1) is 10.1 Å². The Kier molecular flexibility index (Phi) is 5.26. The highest BCUT2D eigenvalue weighted by molar-refractivity contribution is 7.20. The van der Waals surface area contributed by atoms with Gasteiger partial charge in [-0.2, -0.15) is 0 Å². The predicted molar refractivity (Wildman–Crippen MR) is 111 cm³/mol. The molecule has 0 atom stereocenters. The minimum atomic E-state index is -0.437. The van der Waals surface area contributed by atoms with Crippen molar-refractivity contribution >= 4 is 38.9 Å². The van der Waals surface area contributed by atoms with E-state index >= 15 is 0 Å². The van der Waals surface area contributed by atoms with E-state index in [1.54, 1.807) is 29.2 Å². The number of rotatable bonds is 4. The summed E-state index contributed by atoms with van der Waals surface area (Å²) in [5.41, 5.74) is 0.648. The van der Waals surface area contributed by atoms with E-state index in [0.717, 1.165) is 4.70 Å². The molecule has 0 unspecified atom stereocenters. The third kappa shape index (κ3) is 4.12. The number of nitrogens with one attached hydrogen (secondary N) is 1. The average Bonchev–Trinajstić information content (AvgIpc) is 3.17. The number of carbonyl (C=O) groups excluding carboxylic acids is 2. The number of nitrogens with zero attached hydrogens (tertiary/aromatic N) is 2. The van der Waals surface area contributed by atoms with Crippen molar-refractivity contribution in [3.8, 4) is 0 Å². The number of non-ortho nitro benzene ring substituents is 1. The molecule has 7 nitrogen and oxygen atoms in total. The number of thiophene rings is 1. The SMILES string of the molecule is O=C(NC1CCN(C(=O)c2cc3cc([N+](=O)[O-])ccc3s2)CC1)c1ccccc1. The lowest BCUT2D eigenvalue weighted by Gasteiger charge is -2.32. The molecule has 8 heteroatoms. The van der Waals surface area contributed by atoms with Crippen LogP contribution in [0.15, 0.2) is 54.6 Å². The van der Waals surface area contributed by atoms with E-state index in [9.17, 15) is 19.7 Å². The van der Waals surface area contributed by atoms with Gasteiger partial charge in [0.15, 0.2) is 0 Å². The molecule has 2 aromatic carbocycles. The highest BCUT2D eigenvalue weighted by atomic mass is 32.1. The van der Waals surface area contributed by atoms with E-state index in [1.807, 2.05) is 18.2 Å². The molecule has 0 saturated carbocycles. The highest BCUT2D eigenvalue weighted by Gasteiger charge is 2.26. The van der Waals surface area contributed by atoms with Crippen LogP contribution in [0.3, 0.4) is 0 Å². The van der Waals surface area contributed by atoms with Gasteiger partial charge >= 0.3 is 0 Å². The standard InChI is InChI=1S/C21H19N3O4S/c25-20(14-4-2-1-3-5-14)22-16-8-10-23(11-9-16)21(26)19-13-15-12-17(24(27)28)6-7-18(15)29-19/h1-7,12-13,16H,8-11H2,(H,22,25). The second-order valence-electron chi connectivity index (χ2n) is 7.00. The number of carbonyl (C=O) groups is 2. The fourth-order valence-corrected chi connectivity index (χ4v) is 4.50. The van der Waals surface area contributed by atoms with Gasteiger partial charge in [-0.15, -0.1) is 11.3 Å². The van der Waals surface area contributed by atoms with Crippen molar-refractivity contribution in [1.82, 2.24) is 10.2 Å². The third-order valence-electron chi connectivity index (χ3n) is 5.07. The van der Waals surface area contributed by atoms with Crippen molar-refractivity contribution < 1.29 is 14.5 Å². The van der Waals surface area contributed by atoms with Crippen LogP contribution in [0.1, 0.15) is 32.9 Å². The molecule has 1 saturated heterocycles. The Morgan fingerprint density at radius 2 is 1.79 bits per heavy atom. The Balaban J connectivity index is 1.38. The molecule has 0 spiro atoms. The maximum atomic E-state index is 12.9. The highest BCUT2D eigenvalue weighted by Crippen LogP contribution is 2.30. The van der Waals surface area contributed by atoms with Crippen LogP contribution in [0.2, 0.25) is 0 Å². The van der Waals surface area contributed by atoms with Crippen LogP contribution in [0.4, 0.5) is 5.69 Å². The maximum Gasteiger partial charge on any atom is 0.270 e. The van der Waals surface area contributed by atoms with E-state index in [4.69, 9.17) is 0 Å². The predicted octanol–water partition coefficient (Wildman–Crippen LogP) is 3.84. The smallest absolute Gasteiger partial charge is 0.270 e. The molecule has 2 amide bonds. The fraction of sp³-hybridized carbons (Fsp3) is 0.238. The summed E-state index contributed by atoms with van der Waals surface area (Å²) in [7, 11) is 0. The lowest BCUT2D eigenvalue weighted by molar-refractivity contribution is -0.384. The molecular weight excluding hydrogens is 390 g/mol. The maximum absolute atomic E-state index is 12.9. The topological polar surface area (TPSA) is 92.6 Å². The molecule has 1 N–H and O–H groups in total. The number of fused-ring (bicyclic) bond motifs is 1. The molecule has 1 aliphatic rings. The van der Waals surface area contributed by atoms with Crippen LogP contribution in [0.5, 0.6) is 0 Å². The second-order valence-corrected chi connectivity index (χ2v) is 8.08. The van der Waals surface area contributed by atoms with Crippen molar-refractivity contribution in [2.24, 2.45) is 0 Å². The summed E-state index contributed by atoms with van der Waals surface area (Å²) in [6.45, 7) is 1.12. The van der Waals surface area contributed by atoms with Gasteiger partial charge in [-0.25, -0.2) is 0 Å². The zero-order valence-corrected chi connectivity index (χ0v) is 16.4. The first-order valence-electron chi connectivity index (χ1n) is 9.34. The Labute approximate surface area is 171 Å². The molecule has 1 aliphatic heterocycles. The number of benzene rings is 2. The monoisotopic (exact) mass is 409 g/mol. The molecule has 0 radical (unpaired) electrons. The number of likely N-dealkylation sites (tertiary alicyclic amines) is 1. The van der Waals surface area contributed by atoms with E-state index < -0.39 is 4.92 Å². The van der Waals surface area contributed by atoms with Crippen molar-refractivity contribution in [2.75, 3.05) is 13.1 Å². The van der Waals surface area contributed by atoms with Gasteiger partial charge in [0, 0.05) is 46.9 Å². The number of nitro groups is 1. The fourth-order valence-electron chi connectivity index (χ4n) is 3.49. The van der Waals surface area contributed by atoms with Crippen molar-refractivity contribution in [3.05, 3.63) is 75.2 Å². The summed E-state index contributed by atoms with van der Waals surface area (Å²) < 4.78 is 0.851. The number of amides is 2. The van der Waals surface area contributed by atoms with Gasteiger partial charge in [0.2, 0.25) is 0 Å². The van der Waals surface area contributed by atoms with Gasteiger partial charge in [-0.1, -0.05) is 18.2 Å². The summed E-state index contributed by atoms with van der Waals surface area (Å²) in [5.74, 6) is -0.164. The van der Waals surface area contributed by atoms with Gasteiger partial charge in [0.1, 0.15) is 0 Å². The molecule has 3 aromatic rings. The summed E-state index contributed by atoms with van der Waals surface area (Å²) in [5, 5.41) is 14.7. The zero-order chi connectivity index (χ0) is 20.4. The Hall–Kier alpha value is -3.26. The first-order chi connectivity index (χ1) is 14.0. The lowest BCUT2D eigenvalue weighted by atomic mass is 10.0. The molecule has 2 heterocycles. The Morgan fingerprint density at radius 3 is 2.48 bits per heavy atom. The minimum Gasteiger partial charge on any atom is -0.349 e. The van der Waals surface area contributed by atoms with Gasteiger partial charge in [0.05, 0.1) is 9.80 Å². The lowest BCUT2D eigenvalue weighted by Crippen LogP contribution is -2.46. The van der Waals surface area contributed by atoms with Crippen molar-refractivity contribution in [1.29, 1.82) is 0 Å². The molecule has 4 rings (SSSR count). The first-order valence-corrected chi connectivity index (χ1v) is 10.2. The summed E-state index contributed by atoms with van der Waals surface area (Å²) >= 11 is 1.34. The van der Waals surface area contributed by atoms with E-state index in [1.165, 1.54) is 23.5 Å². The van der Waals surface area contributed by atoms with Gasteiger partial charge in [0.25, 0.3) is 17.5 Å². The van der Waals surface area contributed by atoms with Crippen LogP contribution < -0.4 is 5.32 Å². The third-order valence-corrected chi connectivity index (χ3v) is 6.18. The van der Waals surface area contributed by atoms with Crippen molar-refractivity contribution in [2.45, 2.75) is 18.9 Å².